The second-order valence-electron chi connectivity index (χ2n) is 6.86. The first-order valence-electron chi connectivity index (χ1n) is 7.77. The summed E-state index contributed by atoms with van der Waals surface area (Å²) >= 11 is 1.28. The largest absolute Gasteiger partial charge is 0.383 e. The predicted octanol–water partition coefficient (Wildman–Crippen LogP) is 2.63. The van der Waals surface area contributed by atoms with Crippen LogP contribution in [0.15, 0.2) is 24.3 Å². The zero-order valence-corrected chi connectivity index (χ0v) is 14.6. The van der Waals surface area contributed by atoms with Crippen LogP contribution < -0.4 is 5.32 Å². The summed E-state index contributed by atoms with van der Waals surface area (Å²) in [5.74, 6) is -0.564. The molecule has 0 bridgehead atoms. The molecule has 2 atom stereocenters. The van der Waals surface area contributed by atoms with Gasteiger partial charge in [0.1, 0.15) is 11.1 Å². The fourth-order valence-electron chi connectivity index (χ4n) is 2.23. The van der Waals surface area contributed by atoms with E-state index in [9.17, 15) is 15.0 Å². The summed E-state index contributed by atoms with van der Waals surface area (Å²) in [5, 5.41) is 23.2. The van der Waals surface area contributed by atoms with Crippen LogP contribution in [0.3, 0.4) is 0 Å². The Morgan fingerprint density at radius 1 is 1.30 bits per heavy atom. The molecule has 2 aromatic rings. The van der Waals surface area contributed by atoms with Crippen LogP contribution in [0.4, 0.5) is 0 Å². The number of hydrogen-bond acceptors (Lipinski definition) is 5. The molecular weight excluding hydrogens is 312 g/mol. The van der Waals surface area contributed by atoms with Crippen molar-refractivity contribution in [3.8, 4) is 0 Å². The Labute approximate surface area is 140 Å². The van der Waals surface area contributed by atoms with Gasteiger partial charge in [0.15, 0.2) is 6.10 Å². The maximum Gasteiger partial charge on any atom is 0.252 e. The number of aromatic nitrogens is 1. The number of hydrogen-bond donors (Lipinski definition) is 3. The minimum atomic E-state index is -1.51. The Bertz CT molecular complexity index is 630. The normalized spacial score (nSPS) is 14.7. The van der Waals surface area contributed by atoms with Crippen molar-refractivity contribution in [1.29, 1.82) is 0 Å². The Balaban J connectivity index is 1.90. The van der Waals surface area contributed by atoms with E-state index in [-0.39, 0.29) is 5.41 Å². The molecule has 23 heavy (non-hydrogen) atoms. The number of thiazole rings is 1. The van der Waals surface area contributed by atoms with E-state index in [1.807, 2.05) is 24.3 Å². The van der Waals surface area contributed by atoms with Crippen molar-refractivity contribution in [2.75, 3.05) is 6.54 Å². The highest BCUT2D eigenvalue weighted by molar-refractivity contribution is 7.18. The Kier molecular flexibility index (Phi) is 5.73. The van der Waals surface area contributed by atoms with Gasteiger partial charge < -0.3 is 15.5 Å². The fraction of sp³-hybridized carbons (Fsp3) is 0.529. The van der Waals surface area contributed by atoms with Crippen molar-refractivity contribution in [1.82, 2.24) is 10.3 Å². The molecule has 0 aliphatic heterocycles. The molecule has 0 radical (unpaired) electrons. The average Bonchev–Trinajstić information content (AvgIpc) is 2.92. The maximum atomic E-state index is 12.0. The molecule has 0 aliphatic carbocycles. The van der Waals surface area contributed by atoms with Gasteiger partial charge in [-0.2, -0.15) is 0 Å². The third-order valence-electron chi connectivity index (χ3n) is 3.53. The Morgan fingerprint density at radius 3 is 2.65 bits per heavy atom. The molecule has 2 rings (SSSR count). The van der Waals surface area contributed by atoms with Crippen molar-refractivity contribution >= 4 is 27.5 Å². The third kappa shape index (κ3) is 4.99. The maximum absolute atomic E-state index is 12.0. The smallest absolute Gasteiger partial charge is 0.252 e. The van der Waals surface area contributed by atoms with Crippen LogP contribution in [-0.2, 0) is 4.79 Å². The number of aliphatic hydroxyl groups is 2. The van der Waals surface area contributed by atoms with Gasteiger partial charge in [0.25, 0.3) is 5.91 Å². The first-order valence-corrected chi connectivity index (χ1v) is 8.59. The highest BCUT2D eigenvalue weighted by Gasteiger charge is 2.28. The van der Waals surface area contributed by atoms with Gasteiger partial charge in [-0.05, 0) is 30.4 Å². The molecule has 2 unspecified atom stereocenters. The van der Waals surface area contributed by atoms with E-state index < -0.39 is 18.1 Å². The van der Waals surface area contributed by atoms with E-state index in [0.717, 1.165) is 23.1 Å². The lowest BCUT2D eigenvalue weighted by atomic mass is 9.91. The number of carbonyl (C=O) groups is 1. The summed E-state index contributed by atoms with van der Waals surface area (Å²) in [4.78, 5) is 16.2. The minimum Gasteiger partial charge on any atom is -0.383 e. The number of carbonyl (C=O) groups excluding carboxylic acids is 1. The van der Waals surface area contributed by atoms with Gasteiger partial charge in [0, 0.05) is 6.54 Å². The number of rotatable bonds is 6. The molecule has 0 saturated heterocycles. The molecule has 1 aromatic carbocycles. The lowest BCUT2D eigenvalue weighted by Crippen LogP contribution is -2.39. The lowest BCUT2D eigenvalue weighted by Gasteiger charge is -2.19. The molecule has 1 amide bonds. The summed E-state index contributed by atoms with van der Waals surface area (Å²) in [6, 6.07) is 7.47. The zero-order chi connectivity index (χ0) is 17.0. The van der Waals surface area contributed by atoms with Crippen molar-refractivity contribution < 1.29 is 15.0 Å². The summed E-state index contributed by atoms with van der Waals surface area (Å²) < 4.78 is 0.916. The Morgan fingerprint density at radius 2 is 2.00 bits per heavy atom. The van der Waals surface area contributed by atoms with Crippen LogP contribution in [0.1, 0.15) is 44.7 Å². The minimum absolute atomic E-state index is 0.212. The fourth-order valence-corrected chi connectivity index (χ4v) is 3.21. The molecule has 126 valence electrons. The number of fused-ring (bicyclic) bond motifs is 1. The number of para-hydroxylation sites is 1. The van der Waals surface area contributed by atoms with Crippen molar-refractivity contribution in [2.45, 2.75) is 45.8 Å². The molecule has 5 nitrogen and oxygen atoms in total. The molecular formula is C17H24N2O3S. The van der Waals surface area contributed by atoms with E-state index in [4.69, 9.17) is 0 Å². The number of aliphatic hydroxyl groups excluding tert-OH is 2. The Hall–Kier alpha value is -1.50. The average molecular weight is 336 g/mol. The van der Waals surface area contributed by atoms with Crippen LogP contribution in [-0.4, -0.2) is 33.8 Å². The van der Waals surface area contributed by atoms with E-state index in [0.29, 0.717) is 11.6 Å². The molecule has 1 heterocycles. The quantitative estimate of drug-likeness (QED) is 0.708. The molecule has 0 fully saturated rings. The van der Waals surface area contributed by atoms with Crippen LogP contribution in [0.2, 0.25) is 0 Å². The first-order chi connectivity index (χ1) is 10.8. The van der Waals surface area contributed by atoms with E-state index in [1.165, 1.54) is 11.3 Å². The van der Waals surface area contributed by atoms with Crippen molar-refractivity contribution in [2.24, 2.45) is 5.41 Å². The van der Waals surface area contributed by atoms with Gasteiger partial charge in [0.2, 0.25) is 0 Å². The molecule has 6 heteroatoms. The number of amides is 1. The van der Waals surface area contributed by atoms with Gasteiger partial charge in [-0.25, -0.2) is 4.98 Å². The molecule has 0 saturated carbocycles. The van der Waals surface area contributed by atoms with E-state index in [2.05, 4.69) is 31.1 Å². The van der Waals surface area contributed by atoms with Gasteiger partial charge in [0.05, 0.1) is 10.2 Å². The van der Waals surface area contributed by atoms with Gasteiger partial charge >= 0.3 is 0 Å². The molecule has 3 N–H and O–H groups in total. The lowest BCUT2D eigenvalue weighted by molar-refractivity contribution is -0.135. The van der Waals surface area contributed by atoms with Gasteiger partial charge in [-0.1, -0.05) is 32.9 Å². The van der Waals surface area contributed by atoms with Gasteiger partial charge in [-0.3, -0.25) is 4.79 Å². The highest BCUT2D eigenvalue weighted by atomic mass is 32.1. The van der Waals surface area contributed by atoms with Crippen LogP contribution in [0, 0.1) is 5.41 Å². The summed E-state index contributed by atoms with van der Waals surface area (Å²) in [6.07, 6.45) is -1.01. The topological polar surface area (TPSA) is 82.5 Å². The van der Waals surface area contributed by atoms with E-state index >= 15 is 0 Å². The summed E-state index contributed by atoms with van der Waals surface area (Å²) in [7, 11) is 0. The second-order valence-corrected chi connectivity index (χ2v) is 7.93. The summed E-state index contributed by atoms with van der Waals surface area (Å²) in [6.45, 7) is 6.90. The summed E-state index contributed by atoms with van der Waals surface area (Å²) in [5.41, 5.74) is 0.966. The van der Waals surface area contributed by atoms with Crippen molar-refractivity contribution in [3.05, 3.63) is 29.3 Å². The third-order valence-corrected chi connectivity index (χ3v) is 4.64. The van der Waals surface area contributed by atoms with Gasteiger partial charge in [-0.15, -0.1) is 11.3 Å². The van der Waals surface area contributed by atoms with Crippen LogP contribution in [0.25, 0.3) is 10.2 Å². The molecule has 1 aromatic heterocycles. The number of nitrogens with one attached hydrogen (secondary N) is 1. The zero-order valence-electron chi connectivity index (χ0n) is 13.7. The van der Waals surface area contributed by atoms with Crippen LogP contribution in [0.5, 0.6) is 0 Å². The standard InChI is InChI=1S/C17H24N2O3S/c1-17(2,3)9-6-10-18-15(22)13(20)14(21)16-19-11-7-4-5-8-12(11)23-16/h4-5,7-8,13-14,20-21H,6,9-10H2,1-3H3,(H,18,22). The number of benzene rings is 1. The first kappa shape index (κ1) is 17.8. The monoisotopic (exact) mass is 336 g/mol. The van der Waals surface area contributed by atoms with Crippen LogP contribution >= 0.6 is 11.3 Å². The highest BCUT2D eigenvalue weighted by Crippen LogP contribution is 2.28. The molecule has 0 aliphatic rings. The predicted molar refractivity (Wildman–Crippen MR) is 92.3 cm³/mol. The molecule has 0 spiro atoms. The number of nitrogens with zero attached hydrogens (tertiary/aromatic N) is 1. The SMILES string of the molecule is CC(C)(C)CCCNC(=O)C(O)C(O)c1nc2ccccc2s1. The second kappa shape index (κ2) is 7.38. The van der Waals surface area contributed by atoms with E-state index in [1.54, 1.807) is 0 Å². The van der Waals surface area contributed by atoms with Crippen molar-refractivity contribution in [3.63, 3.8) is 0 Å².